The Morgan fingerprint density at radius 1 is 0.906 bits per heavy atom. The van der Waals surface area contributed by atoms with E-state index in [1.807, 2.05) is 37.3 Å². The third-order valence-corrected chi connectivity index (χ3v) is 5.70. The van der Waals surface area contributed by atoms with Crippen molar-refractivity contribution in [3.63, 3.8) is 0 Å². The summed E-state index contributed by atoms with van der Waals surface area (Å²) in [6.45, 7) is 5.49. The number of piperazine rings is 1. The minimum Gasteiger partial charge on any atom is -0.493 e. The second-order valence-corrected chi connectivity index (χ2v) is 7.55. The second-order valence-electron chi connectivity index (χ2n) is 7.55. The Kier molecular flexibility index (Phi) is 6.54. The largest absolute Gasteiger partial charge is 0.493 e. The molecule has 2 aromatic carbocycles. The molecule has 1 aliphatic rings. The zero-order valence-electron chi connectivity index (χ0n) is 18.8. The maximum Gasteiger partial charge on any atom is 0.341 e. The van der Waals surface area contributed by atoms with Gasteiger partial charge in [0, 0.05) is 43.1 Å². The number of aromatic amines is 1. The van der Waals surface area contributed by atoms with Crippen LogP contribution in [-0.2, 0) is 4.74 Å². The quantitative estimate of drug-likeness (QED) is 0.561. The highest BCUT2D eigenvalue weighted by Crippen LogP contribution is 2.35. The Morgan fingerprint density at radius 3 is 2.25 bits per heavy atom. The first-order chi connectivity index (χ1) is 15.6. The Balaban J connectivity index is 1.62. The van der Waals surface area contributed by atoms with Crippen molar-refractivity contribution in [3.05, 3.63) is 60.2 Å². The van der Waals surface area contributed by atoms with Crippen LogP contribution in [0.25, 0.3) is 11.3 Å². The van der Waals surface area contributed by atoms with Crippen LogP contribution in [0.2, 0.25) is 0 Å². The van der Waals surface area contributed by atoms with E-state index >= 15 is 0 Å². The fraction of sp³-hybridized carbons (Fsp3) is 0.320. The van der Waals surface area contributed by atoms with Crippen LogP contribution in [0.3, 0.4) is 0 Å². The van der Waals surface area contributed by atoms with Gasteiger partial charge < -0.3 is 29.0 Å². The van der Waals surface area contributed by atoms with Crippen molar-refractivity contribution in [1.82, 2.24) is 4.98 Å². The van der Waals surface area contributed by atoms with Gasteiger partial charge >= 0.3 is 5.97 Å². The number of carbonyl (C=O) groups is 1. The molecular formula is C25H29N3O4. The Hall–Kier alpha value is -3.61. The molecule has 0 aliphatic carbocycles. The van der Waals surface area contributed by atoms with E-state index < -0.39 is 0 Å². The van der Waals surface area contributed by atoms with Crippen LogP contribution in [0.1, 0.15) is 17.3 Å². The second kappa shape index (κ2) is 9.68. The monoisotopic (exact) mass is 435 g/mol. The molecule has 0 atom stereocenters. The van der Waals surface area contributed by atoms with Gasteiger partial charge in [0.25, 0.3) is 0 Å². The summed E-state index contributed by atoms with van der Waals surface area (Å²) < 4.78 is 16.1. The lowest BCUT2D eigenvalue weighted by molar-refractivity contribution is 0.0527. The summed E-state index contributed by atoms with van der Waals surface area (Å²) in [4.78, 5) is 20.8. The Bertz CT molecular complexity index is 1060. The molecule has 2 heterocycles. The first-order valence-electron chi connectivity index (χ1n) is 10.8. The number of methoxy groups -OCH3 is 2. The molecule has 1 N–H and O–H groups in total. The number of benzene rings is 2. The number of hydrogen-bond donors (Lipinski definition) is 1. The SMILES string of the molecule is CCOC(=O)c1cc(-c2ccc(OC)c(OC)c2)[nH]c1N1CCN(c2ccccc2)CC1. The van der Waals surface area contributed by atoms with Crippen LogP contribution in [0, 0.1) is 0 Å². The van der Waals surface area contributed by atoms with Crippen molar-refractivity contribution in [2.45, 2.75) is 6.92 Å². The van der Waals surface area contributed by atoms with Gasteiger partial charge in [-0.25, -0.2) is 4.79 Å². The zero-order valence-corrected chi connectivity index (χ0v) is 18.8. The van der Waals surface area contributed by atoms with Gasteiger partial charge in [-0.3, -0.25) is 0 Å². The Morgan fingerprint density at radius 2 is 1.59 bits per heavy atom. The molecule has 1 fully saturated rings. The van der Waals surface area contributed by atoms with Gasteiger partial charge in [0.2, 0.25) is 0 Å². The molecule has 0 bridgehead atoms. The highest BCUT2D eigenvalue weighted by atomic mass is 16.5. The molecule has 4 rings (SSSR count). The normalized spacial score (nSPS) is 13.7. The number of H-pyrrole nitrogens is 1. The number of rotatable bonds is 7. The first kappa shape index (κ1) is 21.6. The van der Waals surface area contributed by atoms with Crippen LogP contribution < -0.4 is 19.3 Å². The van der Waals surface area contributed by atoms with Crippen molar-refractivity contribution in [3.8, 4) is 22.8 Å². The molecule has 7 nitrogen and oxygen atoms in total. The maximum absolute atomic E-state index is 12.7. The molecule has 32 heavy (non-hydrogen) atoms. The van der Waals surface area contributed by atoms with E-state index in [0.29, 0.717) is 23.7 Å². The van der Waals surface area contributed by atoms with Crippen LogP contribution >= 0.6 is 0 Å². The number of hydrogen-bond acceptors (Lipinski definition) is 6. The third kappa shape index (κ3) is 4.37. The molecular weight excluding hydrogens is 406 g/mol. The smallest absolute Gasteiger partial charge is 0.341 e. The van der Waals surface area contributed by atoms with Gasteiger partial charge in [-0.1, -0.05) is 18.2 Å². The third-order valence-electron chi connectivity index (χ3n) is 5.70. The van der Waals surface area contributed by atoms with Crippen LogP contribution in [0.5, 0.6) is 11.5 Å². The molecule has 7 heteroatoms. The molecule has 3 aromatic rings. The topological polar surface area (TPSA) is 67.0 Å². The number of aromatic nitrogens is 1. The summed E-state index contributed by atoms with van der Waals surface area (Å²) in [6, 6.07) is 18.0. The average Bonchev–Trinajstić information content (AvgIpc) is 3.30. The summed E-state index contributed by atoms with van der Waals surface area (Å²) in [6.07, 6.45) is 0. The summed E-state index contributed by atoms with van der Waals surface area (Å²) in [5.74, 6) is 1.76. The van der Waals surface area contributed by atoms with Gasteiger partial charge in [-0.05, 0) is 43.3 Å². The van der Waals surface area contributed by atoms with E-state index in [1.165, 1.54) is 5.69 Å². The highest BCUT2D eigenvalue weighted by molar-refractivity contribution is 5.97. The van der Waals surface area contributed by atoms with Gasteiger partial charge in [0.05, 0.1) is 20.8 Å². The zero-order chi connectivity index (χ0) is 22.5. The predicted octanol–water partition coefficient (Wildman–Crippen LogP) is 4.20. The molecule has 0 amide bonds. The van der Waals surface area contributed by atoms with Crippen molar-refractivity contribution < 1.29 is 19.0 Å². The summed E-state index contributed by atoms with van der Waals surface area (Å²) in [5, 5.41) is 0. The summed E-state index contributed by atoms with van der Waals surface area (Å²) in [5.41, 5.74) is 3.50. The Labute approximate surface area is 188 Å². The van der Waals surface area contributed by atoms with E-state index in [-0.39, 0.29) is 5.97 Å². The van der Waals surface area contributed by atoms with E-state index in [9.17, 15) is 4.79 Å². The fourth-order valence-corrected chi connectivity index (χ4v) is 4.04. The van der Waals surface area contributed by atoms with Crippen molar-refractivity contribution in [2.75, 3.05) is 56.8 Å². The number of nitrogens with zero attached hydrogens (tertiary/aromatic N) is 2. The maximum atomic E-state index is 12.7. The molecule has 0 saturated carbocycles. The molecule has 0 spiro atoms. The van der Waals surface area contributed by atoms with Crippen LogP contribution in [-0.4, -0.2) is 58.0 Å². The summed E-state index contributed by atoms with van der Waals surface area (Å²) in [7, 11) is 3.22. The van der Waals surface area contributed by atoms with Crippen LogP contribution in [0.15, 0.2) is 54.6 Å². The van der Waals surface area contributed by atoms with Gasteiger partial charge in [-0.2, -0.15) is 0 Å². The predicted molar refractivity (Wildman–Crippen MR) is 126 cm³/mol. The van der Waals surface area contributed by atoms with E-state index in [4.69, 9.17) is 14.2 Å². The molecule has 1 aliphatic heterocycles. The standard InChI is InChI=1S/C25H29N3O4/c1-4-32-25(29)20-17-21(18-10-11-22(30-2)23(16-18)31-3)26-24(20)28-14-12-27(13-15-28)19-8-6-5-7-9-19/h5-11,16-17,26H,4,12-15H2,1-3H3. The lowest BCUT2D eigenvalue weighted by atomic mass is 10.1. The lowest BCUT2D eigenvalue weighted by Gasteiger charge is -2.37. The number of anilines is 2. The molecule has 168 valence electrons. The number of esters is 1. The highest BCUT2D eigenvalue weighted by Gasteiger charge is 2.25. The van der Waals surface area contributed by atoms with Gasteiger partial charge in [-0.15, -0.1) is 0 Å². The minimum atomic E-state index is -0.323. The van der Waals surface area contributed by atoms with E-state index in [2.05, 4.69) is 39.0 Å². The molecule has 0 radical (unpaired) electrons. The van der Waals surface area contributed by atoms with Crippen molar-refractivity contribution >= 4 is 17.5 Å². The van der Waals surface area contributed by atoms with E-state index in [0.717, 1.165) is 43.3 Å². The van der Waals surface area contributed by atoms with Crippen molar-refractivity contribution in [1.29, 1.82) is 0 Å². The van der Waals surface area contributed by atoms with Gasteiger partial charge in [0.1, 0.15) is 11.4 Å². The molecule has 0 unspecified atom stereocenters. The number of para-hydroxylation sites is 1. The van der Waals surface area contributed by atoms with Crippen LogP contribution in [0.4, 0.5) is 11.5 Å². The van der Waals surface area contributed by atoms with E-state index in [1.54, 1.807) is 14.2 Å². The van der Waals surface area contributed by atoms with Crippen molar-refractivity contribution in [2.24, 2.45) is 0 Å². The molecule has 1 saturated heterocycles. The number of nitrogens with one attached hydrogen (secondary N) is 1. The molecule has 1 aromatic heterocycles. The average molecular weight is 436 g/mol. The number of ether oxygens (including phenoxy) is 3. The van der Waals surface area contributed by atoms with Gasteiger partial charge in [0.15, 0.2) is 11.5 Å². The number of carbonyl (C=O) groups excluding carboxylic acids is 1. The lowest BCUT2D eigenvalue weighted by Crippen LogP contribution is -2.47. The fourth-order valence-electron chi connectivity index (χ4n) is 4.04. The first-order valence-corrected chi connectivity index (χ1v) is 10.8. The minimum absolute atomic E-state index is 0.323. The summed E-state index contributed by atoms with van der Waals surface area (Å²) >= 11 is 0.